The summed E-state index contributed by atoms with van der Waals surface area (Å²) in [4.78, 5) is 15.3. The number of rotatable bonds is 4. The van der Waals surface area contributed by atoms with Gasteiger partial charge in [-0.3, -0.25) is 0 Å². The lowest BCUT2D eigenvalue weighted by molar-refractivity contribution is 0.0691. The molecule has 0 atom stereocenters. The number of carboxylic acid groups (broad SMARTS) is 1. The number of hydrogen-bond donors (Lipinski definition) is 3. The van der Waals surface area contributed by atoms with Crippen LogP contribution in [0.4, 0.5) is 11.6 Å². The number of anilines is 2. The first-order valence-corrected chi connectivity index (χ1v) is 7.50. The summed E-state index contributed by atoms with van der Waals surface area (Å²) in [5.41, 5.74) is 0.676. The van der Waals surface area contributed by atoms with Crippen LogP contribution in [0.25, 0.3) is 10.6 Å². The van der Waals surface area contributed by atoms with Crippen molar-refractivity contribution in [2.75, 3.05) is 5.32 Å². The van der Waals surface area contributed by atoms with Crippen LogP contribution in [0, 0.1) is 0 Å². The van der Waals surface area contributed by atoms with E-state index in [1.54, 1.807) is 23.6 Å². The lowest BCUT2D eigenvalue weighted by Crippen LogP contribution is -2.02. The summed E-state index contributed by atoms with van der Waals surface area (Å²) in [7, 11) is 0. The zero-order valence-corrected chi connectivity index (χ0v) is 13.0. The summed E-state index contributed by atoms with van der Waals surface area (Å²) in [6, 6.07) is 5.20. The van der Waals surface area contributed by atoms with Gasteiger partial charge in [0.2, 0.25) is 0 Å². The molecule has 3 rings (SSSR count). The van der Waals surface area contributed by atoms with Crippen molar-refractivity contribution >= 4 is 52.1 Å². The van der Waals surface area contributed by atoms with Gasteiger partial charge in [0.25, 0.3) is 0 Å². The van der Waals surface area contributed by atoms with Gasteiger partial charge in [-0.05, 0) is 12.1 Å². The molecule has 3 aromatic rings. The van der Waals surface area contributed by atoms with Crippen molar-refractivity contribution in [3.8, 4) is 10.6 Å². The van der Waals surface area contributed by atoms with Gasteiger partial charge in [-0.1, -0.05) is 34.5 Å². The zero-order chi connectivity index (χ0) is 15.7. The molecule has 7 nitrogen and oxygen atoms in total. The molecular weight excluding hydrogens is 349 g/mol. The third-order valence-electron chi connectivity index (χ3n) is 2.68. The van der Waals surface area contributed by atoms with Gasteiger partial charge in [0.05, 0.1) is 10.0 Å². The normalized spacial score (nSPS) is 10.6. The first-order valence-electron chi connectivity index (χ1n) is 5.87. The summed E-state index contributed by atoms with van der Waals surface area (Å²) in [6.45, 7) is 0. The van der Waals surface area contributed by atoms with Crippen LogP contribution in [0.1, 0.15) is 10.5 Å². The molecule has 0 unspecified atom stereocenters. The molecule has 0 saturated carbocycles. The number of carboxylic acids is 1. The highest BCUT2D eigenvalue weighted by Gasteiger charge is 2.15. The second-order valence-corrected chi connectivity index (χ2v) is 5.80. The second kappa shape index (κ2) is 5.91. The van der Waals surface area contributed by atoms with E-state index in [2.05, 4.69) is 25.7 Å². The van der Waals surface area contributed by atoms with E-state index in [1.165, 1.54) is 11.3 Å². The van der Waals surface area contributed by atoms with Crippen LogP contribution in [0.3, 0.4) is 0 Å². The second-order valence-electron chi connectivity index (χ2n) is 4.13. The molecule has 22 heavy (non-hydrogen) atoms. The molecule has 0 aliphatic heterocycles. The highest BCUT2D eigenvalue weighted by Crippen LogP contribution is 2.32. The minimum absolute atomic E-state index is 0.0958. The Balaban J connectivity index is 1.86. The summed E-state index contributed by atoms with van der Waals surface area (Å²) < 4.78 is 0. The van der Waals surface area contributed by atoms with Crippen molar-refractivity contribution in [2.45, 2.75) is 0 Å². The van der Waals surface area contributed by atoms with Gasteiger partial charge in [0.1, 0.15) is 10.8 Å². The standard InChI is InChI=1S/C12H7Cl2N5O2S/c13-6-2-1-5(3-7(6)14)11-16-8(4-22-11)15-10-9(12(20)21)17-19-18-10/h1-4H,(H,20,21)(H2,15,17,18,19). The van der Waals surface area contributed by atoms with E-state index in [9.17, 15) is 4.79 Å². The highest BCUT2D eigenvalue weighted by molar-refractivity contribution is 7.13. The SMILES string of the molecule is O=C(O)c1[nH]nnc1Nc1csc(-c2ccc(Cl)c(Cl)c2)n1. The molecule has 0 amide bonds. The number of halogens is 2. The van der Waals surface area contributed by atoms with Gasteiger partial charge in [0, 0.05) is 10.9 Å². The van der Waals surface area contributed by atoms with Crippen LogP contribution >= 0.6 is 34.5 Å². The van der Waals surface area contributed by atoms with Crippen molar-refractivity contribution in [3.63, 3.8) is 0 Å². The number of benzene rings is 1. The Morgan fingerprint density at radius 3 is 2.86 bits per heavy atom. The maximum Gasteiger partial charge on any atom is 0.357 e. The third kappa shape index (κ3) is 2.89. The van der Waals surface area contributed by atoms with Crippen LogP contribution in [-0.2, 0) is 0 Å². The fourth-order valence-electron chi connectivity index (χ4n) is 1.68. The Kier molecular flexibility index (Phi) is 3.97. The molecule has 10 heteroatoms. The topological polar surface area (TPSA) is 104 Å². The molecule has 0 aliphatic rings. The van der Waals surface area contributed by atoms with E-state index in [1.807, 2.05) is 0 Å². The van der Waals surface area contributed by atoms with Crippen LogP contribution < -0.4 is 5.32 Å². The van der Waals surface area contributed by atoms with Crippen LogP contribution in [0.15, 0.2) is 23.6 Å². The molecule has 0 saturated heterocycles. The Morgan fingerprint density at radius 2 is 2.14 bits per heavy atom. The van der Waals surface area contributed by atoms with E-state index in [-0.39, 0.29) is 11.5 Å². The molecule has 0 radical (unpaired) electrons. The number of carbonyl (C=O) groups is 1. The van der Waals surface area contributed by atoms with Crippen molar-refractivity contribution in [1.29, 1.82) is 0 Å². The zero-order valence-electron chi connectivity index (χ0n) is 10.7. The first-order chi connectivity index (χ1) is 10.5. The van der Waals surface area contributed by atoms with Crippen LogP contribution in [-0.4, -0.2) is 31.5 Å². The van der Waals surface area contributed by atoms with E-state index in [0.717, 1.165) is 5.56 Å². The van der Waals surface area contributed by atoms with E-state index < -0.39 is 5.97 Å². The Morgan fingerprint density at radius 1 is 1.32 bits per heavy atom. The number of nitrogens with zero attached hydrogens (tertiary/aromatic N) is 3. The van der Waals surface area contributed by atoms with Gasteiger partial charge in [-0.2, -0.15) is 0 Å². The monoisotopic (exact) mass is 355 g/mol. The van der Waals surface area contributed by atoms with Gasteiger partial charge >= 0.3 is 5.97 Å². The third-order valence-corrected chi connectivity index (χ3v) is 4.31. The Hall–Kier alpha value is -2.16. The van der Waals surface area contributed by atoms with E-state index in [4.69, 9.17) is 28.3 Å². The average molecular weight is 356 g/mol. The fraction of sp³-hybridized carbons (Fsp3) is 0. The molecule has 2 aromatic heterocycles. The molecule has 0 fully saturated rings. The van der Waals surface area contributed by atoms with Crippen molar-refractivity contribution in [1.82, 2.24) is 20.4 Å². The Labute approximate surface area is 137 Å². The number of hydrogen-bond acceptors (Lipinski definition) is 6. The number of aromatic amines is 1. The van der Waals surface area contributed by atoms with E-state index >= 15 is 0 Å². The minimum atomic E-state index is -1.16. The predicted molar refractivity (Wildman–Crippen MR) is 84.2 cm³/mol. The van der Waals surface area contributed by atoms with Gasteiger partial charge in [0.15, 0.2) is 11.5 Å². The van der Waals surface area contributed by atoms with Crippen molar-refractivity contribution < 1.29 is 9.90 Å². The molecule has 1 aromatic carbocycles. The predicted octanol–water partition coefficient (Wildman–Crippen LogP) is 3.68. The summed E-state index contributed by atoms with van der Waals surface area (Å²) in [5, 5.41) is 24.5. The van der Waals surface area contributed by atoms with Crippen molar-refractivity contribution in [2.24, 2.45) is 0 Å². The molecule has 3 N–H and O–H groups in total. The van der Waals surface area contributed by atoms with Gasteiger partial charge in [-0.25, -0.2) is 14.9 Å². The first kappa shape index (κ1) is 14.8. The van der Waals surface area contributed by atoms with Gasteiger partial charge < -0.3 is 10.4 Å². The summed E-state index contributed by atoms with van der Waals surface area (Å²) in [5.74, 6) is -0.603. The van der Waals surface area contributed by atoms with Gasteiger partial charge in [-0.15, -0.1) is 16.4 Å². The number of aromatic nitrogens is 4. The highest BCUT2D eigenvalue weighted by atomic mass is 35.5. The van der Waals surface area contributed by atoms with Crippen LogP contribution in [0.2, 0.25) is 10.0 Å². The molecule has 0 aliphatic carbocycles. The van der Waals surface area contributed by atoms with Crippen molar-refractivity contribution in [3.05, 3.63) is 39.3 Å². The molecule has 2 heterocycles. The number of nitrogens with one attached hydrogen (secondary N) is 2. The number of aromatic carboxylic acids is 1. The maximum atomic E-state index is 11.0. The molecule has 0 bridgehead atoms. The number of thiazole rings is 1. The molecular formula is C12H7Cl2N5O2S. The fourth-order valence-corrected chi connectivity index (χ4v) is 2.73. The molecule has 0 spiro atoms. The molecule has 112 valence electrons. The van der Waals surface area contributed by atoms with E-state index in [0.29, 0.717) is 20.9 Å². The van der Waals surface area contributed by atoms with Crippen LogP contribution in [0.5, 0.6) is 0 Å². The minimum Gasteiger partial charge on any atom is -0.476 e. The summed E-state index contributed by atoms with van der Waals surface area (Å²) >= 11 is 13.2. The number of H-pyrrole nitrogens is 1. The lowest BCUT2D eigenvalue weighted by Gasteiger charge is -2.00. The Bertz CT molecular complexity index is 848. The average Bonchev–Trinajstić information content (AvgIpc) is 3.11. The smallest absolute Gasteiger partial charge is 0.357 e. The lowest BCUT2D eigenvalue weighted by atomic mass is 10.2. The summed E-state index contributed by atoms with van der Waals surface area (Å²) in [6.07, 6.45) is 0. The quantitative estimate of drug-likeness (QED) is 0.659. The maximum absolute atomic E-state index is 11.0. The largest absolute Gasteiger partial charge is 0.476 e.